The van der Waals surface area contributed by atoms with Gasteiger partial charge in [-0.1, -0.05) is 18.2 Å². The average Bonchev–Trinajstić information content (AvgIpc) is 3.07. The summed E-state index contributed by atoms with van der Waals surface area (Å²) in [5.41, 5.74) is 8.24. The van der Waals surface area contributed by atoms with Gasteiger partial charge in [-0.2, -0.15) is 0 Å². The number of likely N-dealkylation sites (N-methyl/N-ethyl adjacent to an activating group) is 1. The smallest absolute Gasteiger partial charge is 0.169 e. The average molecular weight is 493 g/mol. The van der Waals surface area contributed by atoms with Crippen LogP contribution >= 0.6 is 0 Å². The zero-order chi connectivity index (χ0) is 25.5. The van der Waals surface area contributed by atoms with Gasteiger partial charge in [-0.25, -0.2) is 14.4 Å². The lowest BCUT2D eigenvalue weighted by molar-refractivity contribution is 0.320. The molecule has 0 saturated carbocycles. The Balaban J connectivity index is 1.49. The van der Waals surface area contributed by atoms with E-state index in [2.05, 4.69) is 31.9 Å². The molecule has 1 atom stereocenters. The topological polar surface area (TPSA) is 108 Å². The maximum Gasteiger partial charge on any atom is 0.169 e. The molecule has 1 saturated heterocycles. The van der Waals surface area contributed by atoms with E-state index in [9.17, 15) is 9.50 Å². The molecule has 0 aliphatic carbocycles. The lowest BCUT2D eigenvalue weighted by atomic mass is 10.1. The number of alkyl halides is 1. The lowest BCUT2D eigenvalue weighted by Crippen LogP contribution is -2.35. The Labute approximate surface area is 211 Å². The van der Waals surface area contributed by atoms with Gasteiger partial charge in [-0.3, -0.25) is 0 Å². The highest BCUT2D eigenvalue weighted by atomic mass is 19.1. The van der Waals surface area contributed by atoms with Gasteiger partial charge in [0.1, 0.15) is 18.2 Å². The SMILES string of the molecule is C[C@H]1CCN(c2cc(-c3ccccc3O)nnc2N)CCN1c1ccnc(/C=C/CN(C)CCF)n1. The normalized spacial score (nSPS) is 16.6. The van der Waals surface area contributed by atoms with Crippen LogP contribution in [0.2, 0.25) is 0 Å². The van der Waals surface area contributed by atoms with Crippen LogP contribution in [-0.4, -0.2) is 82.7 Å². The third kappa shape index (κ3) is 6.06. The largest absolute Gasteiger partial charge is 0.507 e. The van der Waals surface area contributed by atoms with Gasteiger partial charge in [-0.15, -0.1) is 10.2 Å². The van der Waals surface area contributed by atoms with Crippen LogP contribution in [0.15, 0.2) is 48.7 Å². The number of nitrogens with two attached hydrogens (primary N) is 1. The van der Waals surface area contributed by atoms with Crippen LogP contribution in [0.3, 0.4) is 0 Å². The van der Waals surface area contributed by atoms with E-state index in [1.54, 1.807) is 18.3 Å². The van der Waals surface area contributed by atoms with Crippen molar-refractivity contribution in [1.82, 2.24) is 25.1 Å². The van der Waals surface area contributed by atoms with Gasteiger partial charge in [0.05, 0.1) is 11.4 Å². The van der Waals surface area contributed by atoms with Gasteiger partial charge in [0.15, 0.2) is 11.6 Å². The first-order valence-electron chi connectivity index (χ1n) is 12.1. The second-order valence-corrected chi connectivity index (χ2v) is 8.96. The Kier molecular flexibility index (Phi) is 8.27. The van der Waals surface area contributed by atoms with Crippen LogP contribution in [0.4, 0.5) is 21.7 Å². The van der Waals surface area contributed by atoms with Crippen LogP contribution in [0.25, 0.3) is 17.3 Å². The second-order valence-electron chi connectivity index (χ2n) is 8.96. The highest BCUT2D eigenvalue weighted by Crippen LogP contribution is 2.32. The molecule has 0 radical (unpaired) electrons. The van der Waals surface area contributed by atoms with Gasteiger partial charge in [-0.05, 0) is 50.7 Å². The summed E-state index contributed by atoms with van der Waals surface area (Å²) in [4.78, 5) is 15.5. The maximum absolute atomic E-state index is 12.5. The van der Waals surface area contributed by atoms with E-state index in [0.717, 1.165) is 37.6 Å². The molecule has 3 aromatic rings. The van der Waals surface area contributed by atoms with Crippen LogP contribution in [0, 0.1) is 0 Å². The fourth-order valence-electron chi connectivity index (χ4n) is 4.28. The summed E-state index contributed by atoms with van der Waals surface area (Å²) in [7, 11) is 1.88. The van der Waals surface area contributed by atoms with Crippen LogP contribution in [0.1, 0.15) is 19.2 Å². The molecule has 4 rings (SSSR count). The molecule has 1 aliphatic heterocycles. The molecular weight excluding hydrogens is 459 g/mol. The number of hydrogen-bond donors (Lipinski definition) is 2. The minimum Gasteiger partial charge on any atom is -0.507 e. The Morgan fingerprint density at radius 3 is 2.83 bits per heavy atom. The highest BCUT2D eigenvalue weighted by molar-refractivity contribution is 5.74. The minimum atomic E-state index is -0.364. The number of aromatic nitrogens is 4. The zero-order valence-electron chi connectivity index (χ0n) is 20.8. The van der Waals surface area contributed by atoms with E-state index >= 15 is 0 Å². The molecule has 3 N–H and O–H groups in total. The molecule has 0 unspecified atom stereocenters. The summed E-state index contributed by atoms with van der Waals surface area (Å²) in [6.45, 7) is 5.13. The number of halogens is 1. The van der Waals surface area contributed by atoms with Crippen molar-refractivity contribution in [3.8, 4) is 17.0 Å². The van der Waals surface area contributed by atoms with Gasteiger partial charge in [0, 0.05) is 50.5 Å². The number of hydrogen-bond acceptors (Lipinski definition) is 9. The van der Waals surface area contributed by atoms with Gasteiger partial charge in [0.25, 0.3) is 0 Å². The summed E-state index contributed by atoms with van der Waals surface area (Å²) in [5, 5.41) is 18.6. The number of phenolic OH excluding ortho intramolecular Hbond substituents is 1. The van der Waals surface area contributed by atoms with Crippen molar-refractivity contribution in [2.75, 3.05) is 62.0 Å². The zero-order valence-corrected chi connectivity index (χ0v) is 20.8. The quantitative estimate of drug-likeness (QED) is 0.490. The molecule has 2 aromatic heterocycles. The fourth-order valence-corrected chi connectivity index (χ4v) is 4.28. The number of benzene rings is 1. The first-order valence-corrected chi connectivity index (χ1v) is 12.1. The third-order valence-corrected chi connectivity index (χ3v) is 6.39. The molecule has 0 amide bonds. The van der Waals surface area contributed by atoms with Crippen LogP contribution in [-0.2, 0) is 0 Å². The highest BCUT2D eigenvalue weighted by Gasteiger charge is 2.24. The number of aromatic hydroxyl groups is 1. The lowest BCUT2D eigenvalue weighted by Gasteiger charge is -2.28. The molecule has 0 bridgehead atoms. The number of para-hydroxylation sites is 1. The Hall–Kier alpha value is -3.79. The van der Waals surface area contributed by atoms with Crippen LogP contribution in [0.5, 0.6) is 5.75 Å². The van der Waals surface area contributed by atoms with E-state index in [1.165, 1.54) is 0 Å². The molecule has 36 heavy (non-hydrogen) atoms. The van der Waals surface area contributed by atoms with E-state index in [-0.39, 0.29) is 18.5 Å². The Morgan fingerprint density at radius 1 is 1.19 bits per heavy atom. The van der Waals surface area contributed by atoms with Gasteiger partial charge < -0.3 is 25.5 Å². The Morgan fingerprint density at radius 2 is 2.03 bits per heavy atom. The molecule has 1 aromatic carbocycles. The summed E-state index contributed by atoms with van der Waals surface area (Å²) >= 11 is 0. The monoisotopic (exact) mass is 492 g/mol. The van der Waals surface area contributed by atoms with Crippen molar-refractivity contribution in [2.24, 2.45) is 0 Å². The summed E-state index contributed by atoms with van der Waals surface area (Å²) in [5.74, 6) is 2.01. The number of phenols is 1. The molecule has 9 nitrogen and oxygen atoms in total. The fraction of sp³-hybridized carbons (Fsp3) is 0.385. The predicted molar refractivity (Wildman–Crippen MR) is 142 cm³/mol. The van der Waals surface area contributed by atoms with Crippen molar-refractivity contribution in [2.45, 2.75) is 19.4 Å². The number of rotatable bonds is 8. The number of anilines is 3. The van der Waals surface area contributed by atoms with Crippen molar-refractivity contribution in [3.05, 3.63) is 54.5 Å². The molecule has 1 aliphatic rings. The number of nitrogen functional groups attached to an aromatic ring is 1. The first kappa shape index (κ1) is 25.3. The van der Waals surface area contributed by atoms with Crippen molar-refractivity contribution in [1.29, 1.82) is 0 Å². The van der Waals surface area contributed by atoms with Crippen molar-refractivity contribution < 1.29 is 9.50 Å². The standard InChI is InChI=1S/C26H33FN8O/c1-19-10-14-34(22-18-21(31-32-26(22)28)20-6-3-4-7-23(20)36)16-17-35(19)25-9-12-29-24(30-25)8-5-13-33(2)15-11-27/h3-9,12,18-19,36H,10-11,13-17H2,1-2H3,(H2,28,32)/b8-5+/t19-/m0/s1. The van der Waals surface area contributed by atoms with E-state index in [4.69, 9.17) is 10.7 Å². The molecule has 10 heteroatoms. The molecule has 0 spiro atoms. The van der Waals surface area contributed by atoms with E-state index in [0.29, 0.717) is 36.0 Å². The summed E-state index contributed by atoms with van der Waals surface area (Å²) < 4.78 is 12.5. The van der Waals surface area contributed by atoms with Gasteiger partial charge in [0.2, 0.25) is 0 Å². The van der Waals surface area contributed by atoms with Crippen molar-refractivity contribution in [3.63, 3.8) is 0 Å². The summed E-state index contributed by atoms with van der Waals surface area (Å²) in [6, 6.07) is 11.1. The second kappa shape index (κ2) is 11.8. The van der Waals surface area contributed by atoms with Crippen LogP contribution < -0.4 is 15.5 Å². The van der Waals surface area contributed by atoms with Crippen molar-refractivity contribution >= 4 is 23.4 Å². The van der Waals surface area contributed by atoms with E-state index < -0.39 is 0 Å². The number of nitrogens with zero attached hydrogens (tertiary/aromatic N) is 7. The molecular formula is C26H33FN8O. The van der Waals surface area contributed by atoms with E-state index in [1.807, 2.05) is 48.4 Å². The summed E-state index contributed by atoms with van der Waals surface area (Å²) in [6.07, 6.45) is 6.49. The Bertz CT molecular complexity index is 1190. The minimum absolute atomic E-state index is 0.154. The van der Waals surface area contributed by atoms with Gasteiger partial charge >= 0.3 is 0 Å². The third-order valence-electron chi connectivity index (χ3n) is 6.39. The first-order chi connectivity index (χ1) is 17.5. The maximum atomic E-state index is 12.5. The predicted octanol–water partition coefficient (Wildman–Crippen LogP) is 3.24. The molecule has 190 valence electrons. The molecule has 1 fully saturated rings. The molecule has 3 heterocycles.